The van der Waals surface area contributed by atoms with E-state index < -0.39 is 23.3 Å². The maximum Gasteiger partial charge on any atom is 0.260 e. The molecule has 3 aliphatic heterocycles. The molecule has 1 amide bonds. The van der Waals surface area contributed by atoms with Gasteiger partial charge >= 0.3 is 0 Å². The number of alkyl halides is 2. The summed E-state index contributed by atoms with van der Waals surface area (Å²) in [5, 5.41) is 7.33. The Kier molecular flexibility index (Phi) is 4.93. The monoisotopic (exact) mass is 480 g/mol. The van der Waals surface area contributed by atoms with Crippen molar-refractivity contribution < 1.29 is 13.6 Å². The number of nitrogens with zero attached hydrogens (tertiary/aromatic N) is 7. The maximum atomic E-state index is 13.4. The molecule has 2 bridgehead atoms. The van der Waals surface area contributed by atoms with Crippen molar-refractivity contribution in [3.05, 3.63) is 47.8 Å². The first-order chi connectivity index (χ1) is 16.8. The Morgan fingerprint density at radius 3 is 2.80 bits per heavy atom. The Bertz CT molecular complexity index is 1240. The van der Waals surface area contributed by atoms with E-state index in [9.17, 15) is 13.6 Å². The highest BCUT2D eigenvalue weighted by Gasteiger charge is 2.66. The third-order valence-corrected chi connectivity index (χ3v) is 7.67. The molecule has 2 unspecified atom stereocenters. The van der Waals surface area contributed by atoms with E-state index in [1.807, 2.05) is 19.3 Å². The van der Waals surface area contributed by atoms with E-state index in [0.29, 0.717) is 19.0 Å². The fourth-order valence-electron chi connectivity index (χ4n) is 5.99. The molecule has 1 aliphatic carbocycles. The van der Waals surface area contributed by atoms with Gasteiger partial charge in [-0.25, -0.2) is 25.3 Å². The van der Waals surface area contributed by atoms with Gasteiger partial charge in [-0.15, -0.1) is 0 Å². The van der Waals surface area contributed by atoms with Crippen molar-refractivity contribution in [2.45, 2.75) is 49.2 Å². The summed E-state index contributed by atoms with van der Waals surface area (Å²) in [7, 11) is 1.84. The lowest BCUT2D eigenvalue weighted by Crippen LogP contribution is -2.75. The van der Waals surface area contributed by atoms with E-state index in [-0.39, 0.29) is 25.0 Å². The molecule has 2 aromatic heterocycles. The molecule has 4 aliphatic rings. The number of anilines is 2. The molecule has 0 aromatic carbocycles. The molecule has 5 heterocycles. The number of carbonyl (C=O) groups is 1. The standard InChI is InChI=1S/C24H26F2N8O/c1-27-12-23(13-33(14-23)21(35)19-9-24(19,25)26)34-17-3-4-18(34)8-15(7-17)20-5-6-28-22(31-20)30-16-10-29-32(2)11-16/h5-7,10-11,17-19H,3-4,8-9,12-14H2,2H3,(H,28,30,31)/t17?,18?,19-/m0/s1. The first-order valence-electron chi connectivity index (χ1n) is 11.9. The third-order valence-electron chi connectivity index (χ3n) is 7.67. The molecule has 2 aromatic rings. The van der Waals surface area contributed by atoms with Gasteiger partial charge in [0.15, 0.2) is 0 Å². The van der Waals surface area contributed by atoms with Crippen molar-refractivity contribution in [2.75, 3.05) is 25.0 Å². The Balaban J connectivity index is 1.20. The van der Waals surface area contributed by atoms with Crippen LogP contribution in [0, 0.1) is 12.5 Å². The Morgan fingerprint density at radius 2 is 2.14 bits per heavy atom. The molecule has 2 saturated heterocycles. The number of hydrogen-bond donors (Lipinski definition) is 1. The Hall–Kier alpha value is -3.39. The maximum absolute atomic E-state index is 13.4. The fraction of sp³-hybridized carbons (Fsp3) is 0.542. The molecular formula is C24H26F2N8O. The minimum absolute atomic E-state index is 0.134. The summed E-state index contributed by atoms with van der Waals surface area (Å²) < 4.78 is 28.5. The summed E-state index contributed by atoms with van der Waals surface area (Å²) in [6, 6.07) is 2.27. The molecule has 11 heteroatoms. The van der Waals surface area contributed by atoms with E-state index in [1.54, 1.807) is 17.1 Å². The number of carbonyl (C=O) groups excluding carboxylic acids is 1. The zero-order chi connectivity index (χ0) is 24.4. The zero-order valence-electron chi connectivity index (χ0n) is 19.4. The predicted octanol–water partition coefficient (Wildman–Crippen LogP) is 2.73. The molecular weight excluding hydrogens is 454 g/mol. The average Bonchev–Trinajstić information content (AvgIpc) is 3.11. The number of likely N-dealkylation sites (tertiary alicyclic amines) is 1. The summed E-state index contributed by atoms with van der Waals surface area (Å²) in [4.78, 5) is 29.1. The second-order valence-electron chi connectivity index (χ2n) is 10.1. The number of aryl methyl sites for hydroxylation is 1. The molecule has 3 atom stereocenters. The number of amides is 1. The molecule has 182 valence electrons. The highest BCUT2D eigenvalue weighted by atomic mass is 19.3. The van der Waals surface area contributed by atoms with Crippen molar-refractivity contribution in [3.8, 4) is 0 Å². The first kappa shape index (κ1) is 22.1. The summed E-state index contributed by atoms with van der Waals surface area (Å²) in [5.41, 5.74) is 2.35. The van der Waals surface area contributed by atoms with Gasteiger partial charge in [0.25, 0.3) is 5.92 Å². The zero-order valence-corrected chi connectivity index (χ0v) is 19.4. The largest absolute Gasteiger partial charge is 0.338 e. The number of nitrogens with one attached hydrogen (secondary N) is 1. The van der Waals surface area contributed by atoms with Crippen molar-refractivity contribution >= 4 is 23.1 Å². The van der Waals surface area contributed by atoms with Gasteiger partial charge in [-0.05, 0) is 30.9 Å². The van der Waals surface area contributed by atoms with Crippen LogP contribution in [0.2, 0.25) is 0 Å². The molecule has 3 fully saturated rings. The lowest BCUT2D eigenvalue weighted by Gasteiger charge is -2.56. The van der Waals surface area contributed by atoms with Gasteiger partial charge in [-0.2, -0.15) is 5.10 Å². The number of aromatic nitrogens is 4. The third kappa shape index (κ3) is 3.76. The van der Waals surface area contributed by atoms with E-state index in [4.69, 9.17) is 11.6 Å². The molecule has 0 spiro atoms. The molecule has 9 nitrogen and oxygen atoms in total. The van der Waals surface area contributed by atoms with E-state index in [0.717, 1.165) is 36.2 Å². The average molecular weight is 481 g/mol. The normalized spacial score (nSPS) is 28.1. The van der Waals surface area contributed by atoms with E-state index in [2.05, 4.69) is 31.2 Å². The van der Waals surface area contributed by atoms with Crippen molar-refractivity contribution in [1.29, 1.82) is 0 Å². The number of halogens is 2. The minimum atomic E-state index is -2.86. The lowest BCUT2D eigenvalue weighted by molar-refractivity contribution is -0.151. The highest BCUT2D eigenvalue weighted by Crippen LogP contribution is 2.51. The summed E-state index contributed by atoms with van der Waals surface area (Å²) in [6.45, 7) is 8.49. The van der Waals surface area contributed by atoms with Crippen LogP contribution in [0.25, 0.3) is 10.4 Å². The molecule has 1 N–H and O–H groups in total. The second-order valence-corrected chi connectivity index (χ2v) is 10.1. The second kappa shape index (κ2) is 7.81. The van der Waals surface area contributed by atoms with Gasteiger partial charge in [0, 0.05) is 51.0 Å². The van der Waals surface area contributed by atoms with Gasteiger partial charge in [-0.3, -0.25) is 14.4 Å². The van der Waals surface area contributed by atoms with Gasteiger partial charge < -0.3 is 15.1 Å². The summed E-state index contributed by atoms with van der Waals surface area (Å²) in [5.74, 6) is -4.00. The minimum Gasteiger partial charge on any atom is -0.338 e. The van der Waals surface area contributed by atoms with Crippen LogP contribution in [-0.2, 0) is 11.8 Å². The van der Waals surface area contributed by atoms with Crippen LogP contribution in [0.1, 0.15) is 31.4 Å². The van der Waals surface area contributed by atoms with Gasteiger partial charge in [0.05, 0.1) is 17.6 Å². The van der Waals surface area contributed by atoms with Crippen LogP contribution < -0.4 is 5.32 Å². The lowest BCUT2D eigenvalue weighted by atomic mass is 9.83. The van der Waals surface area contributed by atoms with E-state index >= 15 is 0 Å². The molecule has 1 saturated carbocycles. The molecule has 0 radical (unpaired) electrons. The van der Waals surface area contributed by atoms with Gasteiger partial charge in [-0.1, -0.05) is 6.08 Å². The summed E-state index contributed by atoms with van der Waals surface area (Å²) >= 11 is 0. The topological polar surface area (TPSA) is 83.5 Å². The van der Waals surface area contributed by atoms with Crippen molar-refractivity contribution in [2.24, 2.45) is 13.0 Å². The van der Waals surface area contributed by atoms with Gasteiger partial charge in [0.2, 0.25) is 18.4 Å². The van der Waals surface area contributed by atoms with E-state index in [1.165, 1.54) is 4.90 Å². The number of fused-ring (bicyclic) bond motifs is 2. The van der Waals surface area contributed by atoms with Crippen LogP contribution >= 0.6 is 0 Å². The van der Waals surface area contributed by atoms with Crippen LogP contribution in [0.3, 0.4) is 0 Å². The Morgan fingerprint density at radius 1 is 1.34 bits per heavy atom. The fourth-order valence-corrected chi connectivity index (χ4v) is 5.99. The first-order valence-corrected chi connectivity index (χ1v) is 11.9. The number of hydrogen-bond acceptors (Lipinski definition) is 6. The smallest absolute Gasteiger partial charge is 0.260 e. The quantitative estimate of drug-likeness (QED) is 0.641. The van der Waals surface area contributed by atoms with Crippen LogP contribution in [-0.4, -0.2) is 78.6 Å². The van der Waals surface area contributed by atoms with Crippen molar-refractivity contribution in [1.82, 2.24) is 29.5 Å². The van der Waals surface area contributed by atoms with Crippen LogP contribution in [0.15, 0.2) is 30.7 Å². The SMILES string of the molecule is [C-]#[N+]CC1(N2C3C=C(c4ccnc(Nc5cnn(C)c5)n4)CC2CC3)CN(C(=O)[C@@H]2CC2(F)F)C1. The van der Waals surface area contributed by atoms with Gasteiger partial charge in [0.1, 0.15) is 11.5 Å². The molecule has 35 heavy (non-hydrogen) atoms. The summed E-state index contributed by atoms with van der Waals surface area (Å²) in [6.07, 6.45) is 9.91. The predicted molar refractivity (Wildman–Crippen MR) is 124 cm³/mol. The molecule has 6 rings (SSSR count). The highest BCUT2D eigenvalue weighted by molar-refractivity contribution is 5.84. The van der Waals surface area contributed by atoms with Crippen molar-refractivity contribution in [3.63, 3.8) is 0 Å². The van der Waals surface area contributed by atoms with Crippen LogP contribution in [0.4, 0.5) is 20.4 Å². The Labute approximate surface area is 201 Å². The van der Waals surface area contributed by atoms with Crippen LogP contribution in [0.5, 0.6) is 0 Å². The number of rotatable bonds is 6.